The Bertz CT molecular complexity index is 1010. The van der Waals surface area contributed by atoms with E-state index in [-0.39, 0.29) is 6.04 Å². The van der Waals surface area contributed by atoms with Crippen molar-refractivity contribution < 1.29 is 4.52 Å². The first-order valence-electron chi connectivity index (χ1n) is 8.92. The number of pyridine rings is 1. The molecule has 0 bridgehead atoms. The van der Waals surface area contributed by atoms with Crippen LogP contribution in [0.5, 0.6) is 0 Å². The molecule has 136 valence electrons. The van der Waals surface area contributed by atoms with Crippen LogP contribution in [0.4, 0.5) is 0 Å². The number of rotatable bonds is 5. The Labute approximate surface area is 160 Å². The molecule has 0 amide bonds. The summed E-state index contributed by atoms with van der Waals surface area (Å²) in [5, 5.41) is 7.15. The molecule has 0 aliphatic carbocycles. The Morgan fingerprint density at radius 2 is 2.11 bits per heavy atom. The molecule has 1 atom stereocenters. The topological polar surface area (TPSA) is 72.9 Å². The number of thiazole rings is 1. The van der Waals surface area contributed by atoms with E-state index in [9.17, 15) is 0 Å². The number of aromatic nitrogens is 5. The Balaban J connectivity index is 1.38. The highest BCUT2D eigenvalue weighted by Crippen LogP contribution is 2.33. The molecular weight excluding hydrogens is 360 g/mol. The van der Waals surface area contributed by atoms with Crippen molar-refractivity contribution in [3.8, 4) is 16.5 Å². The van der Waals surface area contributed by atoms with Crippen LogP contribution in [0.2, 0.25) is 0 Å². The van der Waals surface area contributed by atoms with Gasteiger partial charge in [-0.15, -0.1) is 11.3 Å². The third-order valence-corrected chi connectivity index (χ3v) is 5.62. The molecule has 1 fully saturated rings. The molecule has 5 rings (SSSR count). The average Bonchev–Trinajstić information content (AvgIpc) is 3.49. The minimum atomic E-state index is 0.146. The van der Waals surface area contributed by atoms with E-state index in [0.717, 1.165) is 36.6 Å². The molecule has 0 radical (unpaired) electrons. The average molecular weight is 378 g/mol. The molecule has 0 saturated carbocycles. The van der Waals surface area contributed by atoms with Gasteiger partial charge in [0.15, 0.2) is 5.13 Å². The van der Waals surface area contributed by atoms with Gasteiger partial charge >= 0.3 is 0 Å². The van der Waals surface area contributed by atoms with E-state index in [4.69, 9.17) is 4.52 Å². The second-order valence-corrected chi connectivity index (χ2v) is 7.38. The monoisotopic (exact) mass is 378 g/mol. The van der Waals surface area contributed by atoms with Crippen molar-refractivity contribution in [2.24, 2.45) is 0 Å². The summed E-state index contributed by atoms with van der Waals surface area (Å²) < 4.78 is 7.76. The zero-order chi connectivity index (χ0) is 18.1. The first-order valence-corrected chi connectivity index (χ1v) is 9.80. The highest BCUT2D eigenvalue weighted by molar-refractivity contribution is 7.12. The van der Waals surface area contributed by atoms with Crippen molar-refractivity contribution in [3.05, 3.63) is 66.0 Å². The third kappa shape index (κ3) is 3.17. The fourth-order valence-electron chi connectivity index (χ4n) is 3.56. The van der Waals surface area contributed by atoms with Crippen molar-refractivity contribution in [1.82, 2.24) is 29.6 Å². The van der Waals surface area contributed by atoms with E-state index >= 15 is 0 Å². The molecule has 4 aromatic rings. The Kier molecular flexibility index (Phi) is 4.27. The van der Waals surface area contributed by atoms with Gasteiger partial charge in [-0.2, -0.15) is 4.98 Å². The zero-order valence-electron chi connectivity index (χ0n) is 14.6. The van der Waals surface area contributed by atoms with Gasteiger partial charge in [0.2, 0.25) is 11.7 Å². The van der Waals surface area contributed by atoms with Crippen molar-refractivity contribution in [1.29, 1.82) is 0 Å². The van der Waals surface area contributed by atoms with Crippen LogP contribution in [-0.2, 0) is 6.54 Å². The molecule has 4 aromatic heterocycles. The van der Waals surface area contributed by atoms with E-state index in [1.807, 2.05) is 23.7 Å². The lowest BCUT2D eigenvalue weighted by Gasteiger charge is -2.21. The lowest BCUT2D eigenvalue weighted by atomic mass is 10.2. The predicted molar refractivity (Wildman–Crippen MR) is 101 cm³/mol. The fraction of sp³-hybridized carbons (Fsp3) is 0.263. The molecule has 1 aliphatic rings. The fourth-order valence-corrected chi connectivity index (χ4v) is 4.22. The van der Waals surface area contributed by atoms with Crippen LogP contribution in [0.1, 0.15) is 30.5 Å². The van der Waals surface area contributed by atoms with E-state index in [2.05, 4.69) is 47.9 Å². The van der Waals surface area contributed by atoms with Gasteiger partial charge in [-0.05, 0) is 43.7 Å². The summed E-state index contributed by atoms with van der Waals surface area (Å²) in [6.45, 7) is 1.84. The van der Waals surface area contributed by atoms with Gasteiger partial charge in [-0.1, -0.05) is 5.16 Å². The molecule has 8 heteroatoms. The van der Waals surface area contributed by atoms with Gasteiger partial charge in [0.25, 0.3) is 0 Å². The molecule has 0 spiro atoms. The molecule has 7 nitrogen and oxygen atoms in total. The Morgan fingerprint density at radius 3 is 2.96 bits per heavy atom. The van der Waals surface area contributed by atoms with Gasteiger partial charge in [0, 0.05) is 48.0 Å². The van der Waals surface area contributed by atoms with Crippen LogP contribution in [0, 0.1) is 0 Å². The summed E-state index contributed by atoms with van der Waals surface area (Å²) in [4.78, 5) is 15.5. The molecule has 0 aromatic carbocycles. The van der Waals surface area contributed by atoms with Gasteiger partial charge in [-0.25, -0.2) is 4.98 Å². The summed E-state index contributed by atoms with van der Waals surface area (Å²) in [5.41, 5.74) is 2.13. The summed E-state index contributed by atoms with van der Waals surface area (Å²) in [6, 6.07) is 8.14. The van der Waals surface area contributed by atoms with Gasteiger partial charge in [0.1, 0.15) is 0 Å². The normalized spacial score (nSPS) is 17.6. The first-order chi connectivity index (χ1) is 13.4. The van der Waals surface area contributed by atoms with Crippen LogP contribution in [0.25, 0.3) is 16.5 Å². The lowest BCUT2D eigenvalue weighted by molar-refractivity contribution is 0.198. The molecular formula is C19H18N6OS. The second-order valence-electron chi connectivity index (χ2n) is 6.50. The second kappa shape index (κ2) is 7.05. The Hall–Kier alpha value is -2.84. The van der Waals surface area contributed by atoms with Crippen molar-refractivity contribution in [3.63, 3.8) is 0 Å². The number of likely N-dealkylation sites (tertiary alicyclic amines) is 1. The van der Waals surface area contributed by atoms with Crippen LogP contribution in [0.15, 0.2) is 59.0 Å². The van der Waals surface area contributed by atoms with Gasteiger partial charge in [-0.3, -0.25) is 14.5 Å². The first kappa shape index (κ1) is 16.3. The highest BCUT2D eigenvalue weighted by Gasteiger charge is 2.31. The lowest BCUT2D eigenvalue weighted by Crippen LogP contribution is -2.24. The summed E-state index contributed by atoms with van der Waals surface area (Å²) >= 11 is 1.64. The van der Waals surface area contributed by atoms with Crippen LogP contribution in [-0.4, -0.2) is 36.1 Å². The maximum absolute atomic E-state index is 5.61. The summed E-state index contributed by atoms with van der Waals surface area (Å²) in [7, 11) is 0. The molecule has 1 saturated heterocycles. The minimum Gasteiger partial charge on any atom is -0.337 e. The molecule has 27 heavy (non-hydrogen) atoms. The van der Waals surface area contributed by atoms with E-state index in [1.165, 1.54) is 5.69 Å². The van der Waals surface area contributed by atoms with E-state index < -0.39 is 0 Å². The maximum atomic E-state index is 5.61. The van der Waals surface area contributed by atoms with E-state index in [1.54, 1.807) is 23.7 Å². The minimum absolute atomic E-state index is 0.146. The van der Waals surface area contributed by atoms with Gasteiger partial charge < -0.3 is 4.52 Å². The predicted octanol–water partition coefficient (Wildman–Crippen LogP) is 3.72. The van der Waals surface area contributed by atoms with Crippen molar-refractivity contribution >= 4 is 11.3 Å². The quantitative estimate of drug-likeness (QED) is 0.527. The SMILES string of the molecule is c1cc(CN2CCC[C@@H]2c2nc(-c3ccncc3)no2)n(-c2nccs2)c1. The summed E-state index contributed by atoms with van der Waals surface area (Å²) in [5.74, 6) is 1.30. The van der Waals surface area contributed by atoms with Crippen LogP contribution < -0.4 is 0 Å². The largest absolute Gasteiger partial charge is 0.337 e. The van der Waals surface area contributed by atoms with Crippen molar-refractivity contribution in [2.75, 3.05) is 6.54 Å². The Morgan fingerprint density at radius 1 is 1.19 bits per heavy atom. The van der Waals surface area contributed by atoms with Crippen LogP contribution in [0.3, 0.4) is 0 Å². The number of hydrogen-bond acceptors (Lipinski definition) is 7. The standard InChI is InChI=1S/C19H18N6OS/c1-3-15(25(11-1)19-21-9-12-27-19)13-24-10-2-4-16(24)18-22-17(23-26-18)14-5-7-20-8-6-14/h1,3,5-9,11-12,16H,2,4,10,13H2/t16-/m1/s1. The van der Waals surface area contributed by atoms with Crippen LogP contribution >= 0.6 is 11.3 Å². The summed E-state index contributed by atoms with van der Waals surface area (Å²) in [6.07, 6.45) is 9.51. The molecule has 0 N–H and O–H groups in total. The molecule has 0 unspecified atom stereocenters. The van der Waals surface area contributed by atoms with E-state index in [0.29, 0.717) is 11.7 Å². The highest BCUT2D eigenvalue weighted by atomic mass is 32.1. The van der Waals surface area contributed by atoms with Gasteiger partial charge in [0.05, 0.1) is 6.04 Å². The third-order valence-electron chi connectivity index (χ3n) is 4.85. The molecule has 5 heterocycles. The van der Waals surface area contributed by atoms with Crippen molar-refractivity contribution in [2.45, 2.75) is 25.4 Å². The number of hydrogen-bond donors (Lipinski definition) is 0. The smallest absolute Gasteiger partial charge is 0.244 e. The maximum Gasteiger partial charge on any atom is 0.244 e. The molecule has 1 aliphatic heterocycles. The number of nitrogens with zero attached hydrogens (tertiary/aromatic N) is 6. The zero-order valence-corrected chi connectivity index (χ0v) is 15.4.